The fourth-order valence-corrected chi connectivity index (χ4v) is 6.69. The van der Waals surface area contributed by atoms with Crippen LogP contribution in [0.2, 0.25) is 0 Å². The van der Waals surface area contributed by atoms with Gasteiger partial charge in [0.25, 0.3) is 0 Å². The van der Waals surface area contributed by atoms with Crippen LogP contribution in [0.15, 0.2) is 83.2 Å². The molecule has 1 saturated heterocycles. The molecule has 0 N–H and O–H groups in total. The van der Waals surface area contributed by atoms with Crippen LogP contribution in [0.1, 0.15) is 32.1 Å². The van der Waals surface area contributed by atoms with Crippen molar-refractivity contribution < 1.29 is 4.74 Å². The largest absolute Gasteiger partial charge is 0.365 e. The summed E-state index contributed by atoms with van der Waals surface area (Å²) >= 11 is 0. The van der Waals surface area contributed by atoms with Gasteiger partial charge in [0.1, 0.15) is 6.10 Å². The first-order valence-electron chi connectivity index (χ1n) is 10.9. The Morgan fingerprint density at radius 3 is 2.86 bits per heavy atom. The molecule has 5 aliphatic heterocycles. The monoisotopic (exact) mass is 370 g/mol. The van der Waals surface area contributed by atoms with E-state index in [-0.39, 0.29) is 6.10 Å². The van der Waals surface area contributed by atoms with Crippen LogP contribution in [-0.2, 0) is 4.74 Å². The summed E-state index contributed by atoms with van der Waals surface area (Å²) in [5.74, 6) is 1.69. The van der Waals surface area contributed by atoms with Gasteiger partial charge in [-0.25, -0.2) is 0 Å². The third-order valence-corrected chi connectivity index (χ3v) is 7.70. The van der Waals surface area contributed by atoms with Gasteiger partial charge in [-0.15, -0.1) is 0 Å². The molecule has 2 aliphatic carbocycles. The van der Waals surface area contributed by atoms with Crippen molar-refractivity contribution in [1.82, 2.24) is 9.80 Å². The topological polar surface area (TPSA) is 15.7 Å². The highest BCUT2D eigenvalue weighted by atomic mass is 16.5. The predicted octanol–water partition coefficient (Wildman–Crippen LogP) is 4.77. The third kappa shape index (κ3) is 2.03. The van der Waals surface area contributed by atoms with E-state index in [1.54, 1.807) is 16.8 Å². The fourth-order valence-electron chi connectivity index (χ4n) is 6.69. The Hall–Kier alpha value is -2.26. The summed E-state index contributed by atoms with van der Waals surface area (Å²) in [6.07, 6.45) is 27.3. The predicted molar refractivity (Wildman–Crippen MR) is 109 cm³/mol. The average Bonchev–Trinajstić information content (AvgIpc) is 2.74. The molecule has 5 unspecified atom stereocenters. The Bertz CT molecular complexity index is 959. The SMILES string of the molecule is C1=CN2C=CCC3C2=C(C1)CC1CC2=CC4CC=CN5CC=CC(=C45)C2OC13. The van der Waals surface area contributed by atoms with Crippen molar-refractivity contribution in [2.24, 2.45) is 17.8 Å². The van der Waals surface area contributed by atoms with E-state index < -0.39 is 0 Å². The molecule has 0 spiro atoms. The van der Waals surface area contributed by atoms with Crippen molar-refractivity contribution in [3.8, 4) is 0 Å². The van der Waals surface area contributed by atoms with E-state index in [0.29, 0.717) is 23.9 Å². The van der Waals surface area contributed by atoms with Crippen LogP contribution < -0.4 is 0 Å². The lowest BCUT2D eigenvalue weighted by molar-refractivity contribution is -0.0737. The Morgan fingerprint density at radius 1 is 0.929 bits per heavy atom. The number of hydrogen-bond acceptors (Lipinski definition) is 3. The summed E-state index contributed by atoms with van der Waals surface area (Å²) in [6.45, 7) is 0.999. The summed E-state index contributed by atoms with van der Waals surface area (Å²) in [5.41, 5.74) is 7.68. The van der Waals surface area contributed by atoms with Gasteiger partial charge in [0, 0.05) is 53.9 Å². The second-order valence-corrected chi connectivity index (χ2v) is 9.22. The summed E-state index contributed by atoms with van der Waals surface area (Å²) in [4.78, 5) is 4.80. The Kier molecular flexibility index (Phi) is 3.15. The van der Waals surface area contributed by atoms with Crippen molar-refractivity contribution in [3.63, 3.8) is 0 Å². The first-order chi connectivity index (χ1) is 13.9. The van der Waals surface area contributed by atoms with Crippen LogP contribution in [-0.4, -0.2) is 28.6 Å². The lowest BCUT2D eigenvalue weighted by Crippen LogP contribution is -2.49. The summed E-state index contributed by atoms with van der Waals surface area (Å²) in [5, 5.41) is 0. The maximum Gasteiger partial charge on any atom is 0.106 e. The molecule has 0 radical (unpaired) electrons. The van der Waals surface area contributed by atoms with E-state index >= 15 is 0 Å². The van der Waals surface area contributed by atoms with Crippen molar-refractivity contribution >= 4 is 0 Å². The standard InChI is InChI=1S/C25H26N2O/c1-5-16-13-18-15-19-14-17-6-2-10-27-12-4-8-21(23(17)27)25(19)28-24(18)20-7-3-11-26(9-1)22(16)20/h1-4,7,9-10,12-13,16,19,21,24-25H,5-6,8,11,14-15H2. The zero-order valence-electron chi connectivity index (χ0n) is 16.1. The summed E-state index contributed by atoms with van der Waals surface area (Å²) in [7, 11) is 0. The first-order valence-corrected chi connectivity index (χ1v) is 10.9. The van der Waals surface area contributed by atoms with Crippen LogP contribution >= 0.6 is 0 Å². The van der Waals surface area contributed by atoms with Crippen LogP contribution in [0.3, 0.4) is 0 Å². The van der Waals surface area contributed by atoms with E-state index in [4.69, 9.17) is 4.74 Å². The Morgan fingerprint density at radius 2 is 1.86 bits per heavy atom. The molecule has 0 amide bonds. The quantitative estimate of drug-likeness (QED) is 0.571. The number of rotatable bonds is 0. The Balaban J connectivity index is 1.29. The van der Waals surface area contributed by atoms with Crippen LogP contribution in [0.4, 0.5) is 0 Å². The van der Waals surface area contributed by atoms with Gasteiger partial charge in [0.05, 0.1) is 6.10 Å². The highest BCUT2D eigenvalue weighted by Gasteiger charge is 2.48. The lowest BCUT2D eigenvalue weighted by atomic mass is 9.67. The van der Waals surface area contributed by atoms with Gasteiger partial charge >= 0.3 is 0 Å². The normalized spacial score (nSPS) is 39.4. The molecule has 28 heavy (non-hydrogen) atoms. The maximum absolute atomic E-state index is 7.02. The van der Waals surface area contributed by atoms with Crippen LogP contribution in [0.5, 0.6) is 0 Å². The minimum absolute atomic E-state index is 0.165. The highest BCUT2D eigenvalue weighted by Crippen LogP contribution is 2.52. The van der Waals surface area contributed by atoms with Gasteiger partial charge < -0.3 is 14.5 Å². The fraction of sp³-hybridized carbons (Fsp3) is 0.440. The molecule has 1 fully saturated rings. The van der Waals surface area contributed by atoms with Crippen LogP contribution in [0, 0.1) is 17.8 Å². The van der Waals surface area contributed by atoms with Gasteiger partial charge in [-0.3, -0.25) is 0 Å². The van der Waals surface area contributed by atoms with Gasteiger partial charge in [0.2, 0.25) is 0 Å². The third-order valence-electron chi connectivity index (χ3n) is 7.70. The second-order valence-electron chi connectivity index (χ2n) is 9.22. The zero-order chi connectivity index (χ0) is 18.2. The average molecular weight is 370 g/mol. The number of nitrogens with zero attached hydrogens (tertiary/aromatic N) is 2. The van der Waals surface area contributed by atoms with Crippen molar-refractivity contribution in [2.75, 3.05) is 6.54 Å². The lowest BCUT2D eigenvalue weighted by Gasteiger charge is -2.52. The van der Waals surface area contributed by atoms with Gasteiger partial charge in [-0.1, -0.05) is 36.5 Å². The molecule has 7 rings (SSSR count). The van der Waals surface area contributed by atoms with Crippen molar-refractivity contribution in [2.45, 2.75) is 44.3 Å². The van der Waals surface area contributed by atoms with E-state index in [9.17, 15) is 0 Å². The number of ether oxygens (including phenoxy) is 1. The minimum atomic E-state index is 0.165. The molecular weight excluding hydrogens is 344 g/mol. The maximum atomic E-state index is 7.02. The van der Waals surface area contributed by atoms with Gasteiger partial charge in [-0.2, -0.15) is 0 Å². The van der Waals surface area contributed by atoms with Crippen LogP contribution in [0.25, 0.3) is 0 Å². The summed E-state index contributed by atoms with van der Waals surface area (Å²) < 4.78 is 7.02. The molecule has 5 atom stereocenters. The van der Waals surface area contributed by atoms with E-state index in [2.05, 4.69) is 64.9 Å². The van der Waals surface area contributed by atoms with E-state index in [0.717, 1.165) is 25.8 Å². The van der Waals surface area contributed by atoms with E-state index in [1.807, 2.05) is 0 Å². The molecule has 0 aromatic carbocycles. The molecule has 142 valence electrons. The molecule has 3 nitrogen and oxygen atoms in total. The van der Waals surface area contributed by atoms with Crippen molar-refractivity contribution in [3.05, 3.63) is 83.2 Å². The molecule has 3 heteroatoms. The molecule has 0 saturated carbocycles. The number of hydrogen-bond donors (Lipinski definition) is 0. The smallest absolute Gasteiger partial charge is 0.106 e. The number of allylic oxidation sites excluding steroid dienone is 5. The number of fused-ring (bicyclic) bond motifs is 4. The molecule has 0 aromatic heterocycles. The zero-order valence-corrected chi connectivity index (χ0v) is 16.1. The van der Waals surface area contributed by atoms with E-state index in [1.165, 1.54) is 24.1 Å². The van der Waals surface area contributed by atoms with Crippen molar-refractivity contribution in [1.29, 1.82) is 0 Å². The minimum Gasteiger partial charge on any atom is -0.365 e. The molecule has 5 heterocycles. The highest BCUT2D eigenvalue weighted by molar-refractivity contribution is 5.48. The molecule has 0 aromatic rings. The molecule has 0 bridgehead atoms. The first kappa shape index (κ1) is 15.6. The molecular formula is C25H26N2O. The second kappa shape index (κ2) is 5.64. The van der Waals surface area contributed by atoms with Gasteiger partial charge in [-0.05, 0) is 49.2 Å². The summed E-state index contributed by atoms with van der Waals surface area (Å²) in [6, 6.07) is 0. The molecule has 7 aliphatic rings. The van der Waals surface area contributed by atoms with Gasteiger partial charge in [0.15, 0.2) is 0 Å². The Labute approximate surface area is 166 Å².